The Morgan fingerprint density at radius 3 is 2.53 bits per heavy atom. The molecule has 3 unspecified atom stereocenters. The van der Waals surface area contributed by atoms with Crippen LogP contribution >= 0.6 is 0 Å². The summed E-state index contributed by atoms with van der Waals surface area (Å²) in [5.74, 6) is 0.589. The third-order valence-corrected chi connectivity index (χ3v) is 3.88. The number of hydrogen-bond donors (Lipinski definition) is 0. The molecular weight excluding hydrogens is 210 g/mol. The lowest BCUT2D eigenvalue weighted by molar-refractivity contribution is -0.128. The molecule has 2 nitrogen and oxygen atoms in total. The summed E-state index contributed by atoms with van der Waals surface area (Å²) in [6.07, 6.45) is 0.693. The van der Waals surface area contributed by atoms with Gasteiger partial charge in [-0.3, -0.25) is 9.69 Å². The van der Waals surface area contributed by atoms with Gasteiger partial charge in [-0.05, 0) is 19.4 Å². The molecule has 0 radical (unpaired) electrons. The van der Waals surface area contributed by atoms with Gasteiger partial charge in [0, 0.05) is 31.0 Å². The van der Waals surface area contributed by atoms with Gasteiger partial charge in [0.2, 0.25) is 0 Å². The molecule has 0 saturated carbocycles. The Balaban J connectivity index is 2.14. The molecule has 2 heteroatoms. The highest BCUT2D eigenvalue weighted by atomic mass is 16.1. The van der Waals surface area contributed by atoms with Crippen LogP contribution in [0.2, 0.25) is 0 Å². The molecule has 1 saturated heterocycles. The predicted octanol–water partition coefficient (Wildman–Crippen LogP) is 3.05. The molecule has 92 valence electrons. The lowest BCUT2D eigenvalue weighted by atomic mass is 9.91. The molecule has 1 fully saturated rings. The first-order chi connectivity index (χ1) is 8.09. The number of ketones is 1. The van der Waals surface area contributed by atoms with Crippen LogP contribution < -0.4 is 0 Å². The number of nitrogens with zero attached hydrogens (tertiary/aromatic N) is 1. The van der Waals surface area contributed by atoms with Crippen LogP contribution in [0.15, 0.2) is 30.3 Å². The molecule has 0 aromatic heterocycles. The van der Waals surface area contributed by atoms with Gasteiger partial charge >= 0.3 is 0 Å². The smallest absolute Gasteiger partial charge is 0.138 e. The van der Waals surface area contributed by atoms with Gasteiger partial charge in [0.15, 0.2) is 0 Å². The Hall–Kier alpha value is -1.15. The second-order valence-electron chi connectivity index (χ2n) is 5.20. The minimum atomic E-state index is 0.178. The summed E-state index contributed by atoms with van der Waals surface area (Å²) in [6, 6.07) is 11.3. The van der Waals surface area contributed by atoms with Crippen molar-refractivity contribution in [3.05, 3.63) is 35.9 Å². The van der Waals surface area contributed by atoms with Crippen LogP contribution in [0.3, 0.4) is 0 Å². The summed E-state index contributed by atoms with van der Waals surface area (Å²) in [4.78, 5) is 14.1. The van der Waals surface area contributed by atoms with E-state index in [0.29, 0.717) is 24.3 Å². The van der Waals surface area contributed by atoms with E-state index in [2.05, 4.69) is 43.0 Å². The number of hydrogen-bond acceptors (Lipinski definition) is 2. The fourth-order valence-electron chi connectivity index (χ4n) is 2.67. The highest BCUT2D eigenvalue weighted by Crippen LogP contribution is 2.28. The molecule has 1 heterocycles. The molecule has 0 bridgehead atoms. The molecule has 1 aromatic rings. The van der Waals surface area contributed by atoms with Gasteiger partial charge in [0.25, 0.3) is 0 Å². The van der Waals surface area contributed by atoms with Gasteiger partial charge in [0.05, 0.1) is 0 Å². The van der Waals surface area contributed by atoms with Crippen molar-refractivity contribution in [1.29, 1.82) is 0 Å². The van der Waals surface area contributed by atoms with Crippen LogP contribution in [0.4, 0.5) is 0 Å². The molecule has 0 aliphatic carbocycles. The minimum absolute atomic E-state index is 0.178. The molecule has 1 aliphatic heterocycles. The zero-order valence-corrected chi connectivity index (χ0v) is 10.9. The SMILES string of the molecule is CC1CN(C(C)c2ccccc2)C(C)CC1=O. The van der Waals surface area contributed by atoms with E-state index in [-0.39, 0.29) is 5.92 Å². The van der Waals surface area contributed by atoms with E-state index < -0.39 is 0 Å². The molecule has 0 amide bonds. The first-order valence-corrected chi connectivity index (χ1v) is 6.43. The van der Waals surface area contributed by atoms with E-state index in [0.717, 1.165) is 6.54 Å². The van der Waals surface area contributed by atoms with Gasteiger partial charge in [-0.2, -0.15) is 0 Å². The lowest BCUT2D eigenvalue weighted by Gasteiger charge is -2.40. The van der Waals surface area contributed by atoms with Crippen LogP contribution in [-0.2, 0) is 4.79 Å². The number of carbonyl (C=O) groups excluding carboxylic acids is 1. The average molecular weight is 231 g/mol. The fourth-order valence-corrected chi connectivity index (χ4v) is 2.67. The molecule has 17 heavy (non-hydrogen) atoms. The van der Waals surface area contributed by atoms with E-state index >= 15 is 0 Å². The molecule has 0 N–H and O–H groups in total. The third kappa shape index (κ3) is 2.58. The number of likely N-dealkylation sites (tertiary alicyclic amines) is 1. The number of carbonyl (C=O) groups is 1. The maximum Gasteiger partial charge on any atom is 0.138 e. The quantitative estimate of drug-likeness (QED) is 0.779. The first kappa shape index (κ1) is 12.3. The van der Waals surface area contributed by atoms with Gasteiger partial charge in [-0.15, -0.1) is 0 Å². The Kier molecular flexibility index (Phi) is 3.63. The van der Waals surface area contributed by atoms with E-state index in [1.165, 1.54) is 5.56 Å². The summed E-state index contributed by atoms with van der Waals surface area (Å²) in [5.41, 5.74) is 1.33. The second-order valence-corrected chi connectivity index (χ2v) is 5.20. The van der Waals surface area contributed by atoms with Crippen molar-refractivity contribution in [2.45, 2.75) is 39.3 Å². The van der Waals surface area contributed by atoms with Gasteiger partial charge in [-0.1, -0.05) is 37.3 Å². The molecule has 2 rings (SSSR count). The molecular formula is C15H21NO. The van der Waals surface area contributed by atoms with Crippen molar-refractivity contribution in [3.8, 4) is 0 Å². The van der Waals surface area contributed by atoms with Crippen LogP contribution in [0, 0.1) is 5.92 Å². The average Bonchev–Trinajstić information content (AvgIpc) is 2.34. The van der Waals surface area contributed by atoms with Gasteiger partial charge in [0.1, 0.15) is 5.78 Å². The largest absolute Gasteiger partial charge is 0.299 e. The summed E-state index contributed by atoms with van der Waals surface area (Å²) in [5, 5.41) is 0. The summed E-state index contributed by atoms with van der Waals surface area (Å²) < 4.78 is 0. The first-order valence-electron chi connectivity index (χ1n) is 6.43. The summed E-state index contributed by atoms with van der Waals surface area (Å²) in [6.45, 7) is 7.31. The van der Waals surface area contributed by atoms with E-state index in [1.807, 2.05) is 13.0 Å². The third-order valence-electron chi connectivity index (χ3n) is 3.88. The highest BCUT2D eigenvalue weighted by Gasteiger charge is 2.32. The normalized spacial score (nSPS) is 28.1. The van der Waals surface area contributed by atoms with Crippen LogP contribution in [0.5, 0.6) is 0 Å². The fraction of sp³-hybridized carbons (Fsp3) is 0.533. The van der Waals surface area contributed by atoms with Gasteiger partial charge < -0.3 is 0 Å². The zero-order chi connectivity index (χ0) is 12.4. The Bertz CT molecular complexity index is 387. The molecule has 0 spiro atoms. The summed E-state index contributed by atoms with van der Waals surface area (Å²) >= 11 is 0. The second kappa shape index (κ2) is 5.01. The number of Topliss-reactive ketones (excluding diaryl/α,β-unsaturated/α-hetero) is 1. The van der Waals surface area contributed by atoms with Crippen LogP contribution in [0.1, 0.15) is 38.8 Å². The molecule has 3 atom stereocenters. The summed E-state index contributed by atoms with van der Waals surface area (Å²) in [7, 11) is 0. The van der Waals surface area contributed by atoms with E-state index in [4.69, 9.17) is 0 Å². The minimum Gasteiger partial charge on any atom is -0.299 e. The van der Waals surface area contributed by atoms with Crippen molar-refractivity contribution >= 4 is 5.78 Å². The Morgan fingerprint density at radius 1 is 1.24 bits per heavy atom. The monoisotopic (exact) mass is 231 g/mol. The Labute approximate surface area is 104 Å². The van der Waals surface area contributed by atoms with E-state index in [1.54, 1.807) is 0 Å². The number of rotatable bonds is 2. The van der Waals surface area contributed by atoms with Crippen molar-refractivity contribution in [2.24, 2.45) is 5.92 Å². The maximum atomic E-state index is 11.7. The molecule has 1 aromatic carbocycles. The predicted molar refractivity (Wildman–Crippen MR) is 69.8 cm³/mol. The lowest BCUT2D eigenvalue weighted by Crippen LogP contribution is -2.46. The number of benzene rings is 1. The van der Waals surface area contributed by atoms with E-state index in [9.17, 15) is 4.79 Å². The van der Waals surface area contributed by atoms with Crippen LogP contribution in [0.25, 0.3) is 0 Å². The highest BCUT2D eigenvalue weighted by molar-refractivity contribution is 5.82. The zero-order valence-electron chi connectivity index (χ0n) is 10.9. The number of piperidine rings is 1. The van der Waals surface area contributed by atoms with Crippen molar-refractivity contribution in [1.82, 2.24) is 4.90 Å². The van der Waals surface area contributed by atoms with Crippen molar-refractivity contribution in [3.63, 3.8) is 0 Å². The van der Waals surface area contributed by atoms with Crippen LogP contribution in [-0.4, -0.2) is 23.3 Å². The Morgan fingerprint density at radius 2 is 1.88 bits per heavy atom. The topological polar surface area (TPSA) is 20.3 Å². The maximum absolute atomic E-state index is 11.7. The van der Waals surface area contributed by atoms with Crippen molar-refractivity contribution < 1.29 is 4.79 Å². The van der Waals surface area contributed by atoms with Gasteiger partial charge in [-0.25, -0.2) is 0 Å². The van der Waals surface area contributed by atoms with Crippen molar-refractivity contribution in [2.75, 3.05) is 6.54 Å². The standard InChI is InChI=1S/C15H21NO/c1-11-10-16(12(2)9-15(11)17)13(3)14-7-5-4-6-8-14/h4-8,11-13H,9-10H2,1-3H3. The molecule has 1 aliphatic rings.